The molecule has 0 aliphatic carbocycles. The Bertz CT molecular complexity index is 1010. The van der Waals surface area contributed by atoms with Crippen molar-refractivity contribution in [2.75, 3.05) is 5.75 Å². The fourth-order valence-corrected chi connectivity index (χ4v) is 3.94. The summed E-state index contributed by atoms with van der Waals surface area (Å²) in [7, 11) is 0. The predicted molar refractivity (Wildman–Crippen MR) is 112 cm³/mol. The lowest BCUT2D eigenvalue weighted by molar-refractivity contribution is -0.123. The number of hydrogen-bond donors (Lipinski definition) is 0. The Morgan fingerprint density at radius 2 is 1.96 bits per heavy atom. The Morgan fingerprint density at radius 3 is 2.69 bits per heavy atom. The van der Waals surface area contributed by atoms with Gasteiger partial charge in [0.1, 0.15) is 0 Å². The third kappa shape index (κ3) is 3.30. The van der Waals surface area contributed by atoms with Crippen molar-refractivity contribution in [2.45, 2.75) is 13.5 Å². The minimum atomic E-state index is -0.0698. The van der Waals surface area contributed by atoms with Gasteiger partial charge in [0.25, 0.3) is 5.91 Å². The minimum absolute atomic E-state index is 0.0698. The van der Waals surface area contributed by atoms with E-state index in [0.717, 1.165) is 23.0 Å². The van der Waals surface area contributed by atoms with Crippen molar-refractivity contribution in [3.63, 3.8) is 0 Å². The largest absolute Gasteiger partial charge is 0.342 e. The number of thiocarbonyl (C=S) groups is 1. The zero-order valence-corrected chi connectivity index (χ0v) is 15.9. The van der Waals surface area contributed by atoms with Gasteiger partial charge in [-0.1, -0.05) is 72.0 Å². The second kappa shape index (κ2) is 7.05. The Labute approximate surface area is 161 Å². The molecule has 4 nitrogen and oxygen atoms in total. The molecule has 0 spiro atoms. The van der Waals surface area contributed by atoms with E-state index in [2.05, 4.69) is 59.2 Å². The molecule has 1 aliphatic heterocycles. The second-order valence-corrected chi connectivity index (χ2v) is 7.83. The molecule has 0 radical (unpaired) electrons. The fraction of sp³-hybridized carbons (Fsp3) is 0.150. The number of aromatic nitrogens is 1. The molecule has 4 rings (SSSR count). The maximum absolute atomic E-state index is 11.8. The number of nitrogens with zero attached hydrogens (tertiary/aromatic N) is 3. The third-order valence-electron chi connectivity index (χ3n) is 4.33. The van der Waals surface area contributed by atoms with Crippen LogP contribution in [0, 0.1) is 6.92 Å². The SMILES string of the molecule is Cc1ccc(Cn2cc(/C=N\N3C(=O)CSC3=S)c3ccccc32)cc1. The molecule has 0 saturated carbocycles. The summed E-state index contributed by atoms with van der Waals surface area (Å²) in [5.41, 5.74) is 4.61. The molecule has 0 atom stereocenters. The van der Waals surface area contributed by atoms with Gasteiger partial charge in [0.15, 0.2) is 4.32 Å². The van der Waals surface area contributed by atoms with Gasteiger partial charge in [0.05, 0.1) is 12.0 Å². The summed E-state index contributed by atoms with van der Waals surface area (Å²) in [4.78, 5) is 11.8. The number of rotatable bonds is 4. The summed E-state index contributed by atoms with van der Waals surface area (Å²) in [5, 5.41) is 6.74. The average molecular weight is 380 g/mol. The standard InChI is InChI=1S/C20H17N3OS2/c1-14-6-8-15(9-7-14)11-22-12-16(17-4-2-3-5-18(17)22)10-21-23-19(24)13-26-20(23)25/h2-10,12H,11,13H2,1H3/b21-10-. The first-order valence-electron chi connectivity index (χ1n) is 8.29. The lowest BCUT2D eigenvalue weighted by Gasteiger charge is -2.06. The van der Waals surface area contributed by atoms with E-state index in [1.165, 1.54) is 27.9 Å². The van der Waals surface area contributed by atoms with Crippen LogP contribution in [-0.4, -0.2) is 31.8 Å². The minimum Gasteiger partial charge on any atom is -0.342 e. The molecule has 2 aromatic carbocycles. The van der Waals surface area contributed by atoms with Crippen LogP contribution in [0.1, 0.15) is 16.7 Å². The Kier molecular flexibility index (Phi) is 4.61. The highest BCUT2D eigenvalue weighted by molar-refractivity contribution is 8.23. The van der Waals surface area contributed by atoms with Crippen molar-refractivity contribution in [3.8, 4) is 0 Å². The summed E-state index contributed by atoms with van der Waals surface area (Å²) < 4.78 is 2.72. The number of hydrazone groups is 1. The average Bonchev–Trinajstić information content (AvgIpc) is 3.16. The van der Waals surface area contributed by atoms with Crippen LogP contribution < -0.4 is 0 Å². The van der Waals surface area contributed by atoms with Crippen LogP contribution in [0.15, 0.2) is 59.8 Å². The van der Waals surface area contributed by atoms with Gasteiger partial charge in [-0.25, -0.2) is 0 Å². The molecule has 1 aromatic heterocycles. The monoisotopic (exact) mass is 379 g/mol. The number of benzene rings is 2. The van der Waals surface area contributed by atoms with Gasteiger partial charge in [0.2, 0.25) is 0 Å². The molecule has 1 saturated heterocycles. The molecule has 0 unspecified atom stereocenters. The van der Waals surface area contributed by atoms with Crippen LogP contribution in [-0.2, 0) is 11.3 Å². The number of carbonyl (C=O) groups excluding carboxylic acids is 1. The third-order valence-corrected chi connectivity index (χ3v) is 5.67. The van der Waals surface area contributed by atoms with E-state index in [1.54, 1.807) is 6.21 Å². The summed E-state index contributed by atoms with van der Waals surface area (Å²) >= 11 is 6.53. The smallest absolute Gasteiger partial charge is 0.259 e. The van der Waals surface area contributed by atoms with E-state index in [0.29, 0.717) is 10.1 Å². The van der Waals surface area contributed by atoms with Gasteiger partial charge in [0, 0.05) is 29.2 Å². The van der Waals surface area contributed by atoms with E-state index < -0.39 is 0 Å². The van der Waals surface area contributed by atoms with Crippen LogP contribution in [0.4, 0.5) is 0 Å². The van der Waals surface area contributed by atoms with Crippen LogP contribution in [0.25, 0.3) is 10.9 Å². The Morgan fingerprint density at radius 1 is 1.19 bits per heavy atom. The molecular weight excluding hydrogens is 362 g/mol. The molecule has 2 heterocycles. The second-order valence-electron chi connectivity index (χ2n) is 6.22. The summed E-state index contributed by atoms with van der Waals surface area (Å²) in [6, 6.07) is 16.8. The molecule has 26 heavy (non-hydrogen) atoms. The maximum atomic E-state index is 11.8. The first-order chi connectivity index (χ1) is 12.6. The summed E-state index contributed by atoms with van der Waals surface area (Å²) in [5.74, 6) is 0.297. The van der Waals surface area contributed by atoms with Gasteiger partial charge in [-0.05, 0) is 18.6 Å². The van der Waals surface area contributed by atoms with Gasteiger partial charge in [-0.3, -0.25) is 4.79 Å². The normalized spacial score (nSPS) is 14.9. The molecule has 0 N–H and O–H groups in total. The highest BCUT2D eigenvalue weighted by Gasteiger charge is 2.26. The van der Waals surface area contributed by atoms with Gasteiger partial charge >= 0.3 is 0 Å². The number of thioether (sulfide) groups is 1. The van der Waals surface area contributed by atoms with Crippen LogP contribution >= 0.6 is 24.0 Å². The van der Waals surface area contributed by atoms with Crippen molar-refractivity contribution in [3.05, 3.63) is 71.4 Å². The van der Waals surface area contributed by atoms with Crippen molar-refractivity contribution >= 4 is 51.3 Å². The molecule has 6 heteroatoms. The topological polar surface area (TPSA) is 37.6 Å². The lowest BCUT2D eigenvalue weighted by atomic mass is 10.1. The number of para-hydroxylation sites is 1. The van der Waals surface area contributed by atoms with E-state index >= 15 is 0 Å². The Balaban J connectivity index is 1.68. The summed E-state index contributed by atoms with van der Waals surface area (Å²) in [6.45, 7) is 2.87. The molecule has 1 amide bonds. The first kappa shape index (κ1) is 17.0. The quantitative estimate of drug-likeness (QED) is 0.504. The van der Waals surface area contributed by atoms with Crippen LogP contribution in [0.3, 0.4) is 0 Å². The Hall–Kier alpha value is -2.44. The zero-order chi connectivity index (χ0) is 18.1. The highest BCUT2D eigenvalue weighted by Crippen LogP contribution is 2.23. The molecule has 3 aromatic rings. The van der Waals surface area contributed by atoms with Crippen molar-refractivity contribution in [1.29, 1.82) is 0 Å². The van der Waals surface area contributed by atoms with Crippen LogP contribution in [0.5, 0.6) is 0 Å². The number of carbonyl (C=O) groups is 1. The number of aryl methyl sites for hydroxylation is 1. The predicted octanol–water partition coefficient (Wildman–Crippen LogP) is 4.19. The van der Waals surface area contributed by atoms with E-state index in [1.807, 2.05) is 12.1 Å². The van der Waals surface area contributed by atoms with Crippen molar-refractivity contribution in [1.82, 2.24) is 9.58 Å². The van der Waals surface area contributed by atoms with E-state index in [9.17, 15) is 4.79 Å². The number of hydrogen-bond acceptors (Lipinski definition) is 4. The highest BCUT2D eigenvalue weighted by atomic mass is 32.2. The van der Waals surface area contributed by atoms with E-state index in [4.69, 9.17) is 12.2 Å². The fourth-order valence-electron chi connectivity index (χ4n) is 2.98. The zero-order valence-electron chi connectivity index (χ0n) is 14.3. The summed E-state index contributed by atoms with van der Waals surface area (Å²) in [6.07, 6.45) is 3.80. The van der Waals surface area contributed by atoms with Crippen molar-refractivity contribution in [2.24, 2.45) is 5.10 Å². The van der Waals surface area contributed by atoms with E-state index in [-0.39, 0.29) is 5.91 Å². The molecule has 0 bridgehead atoms. The molecule has 130 valence electrons. The van der Waals surface area contributed by atoms with Gasteiger partial charge in [-0.2, -0.15) is 10.1 Å². The van der Waals surface area contributed by atoms with Gasteiger partial charge < -0.3 is 4.57 Å². The first-order valence-corrected chi connectivity index (χ1v) is 9.68. The van der Waals surface area contributed by atoms with Gasteiger partial charge in [-0.15, -0.1) is 0 Å². The molecule has 1 fully saturated rings. The number of fused-ring (bicyclic) bond motifs is 1. The lowest BCUT2D eigenvalue weighted by Crippen LogP contribution is -2.22. The number of amides is 1. The maximum Gasteiger partial charge on any atom is 0.259 e. The molecular formula is C20H17N3OS2. The van der Waals surface area contributed by atoms with Crippen LogP contribution in [0.2, 0.25) is 0 Å². The van der Waals surface area contributed by atoms with Crippen molar-refractivity contribution < 1.29 is 4.79 Å². The molecule has 1 aliphatic rings.